The normalized spacial score (nSPS) is 13.6. The highest BCUT2D eigenvalue weighted by Gasteiger charge is 2.08. The molecule has 174 valence electrons. The molecule has 0 N–H and O–H groups in total. The van der Waals surface area contributed by atoms with E-state index < -0.39 is 0 Å². The molecule has 4 nitrogen and oxygen atoms in total. The van der Waals surface area contributed by atoms with Crippen molar-refractivity contribution in [1.82, 2.24) is 0 Å². The van der Waals surface area contributed by atoms with Crippen molar-refractivity contribution < 1.29 is 19.1 Å². The van der Waals surface area contributed by atoms with E-state index in [0.29, 0.717) is 12.8 Å². The summed E-state index contributed by atoms with van der Waals surface area (Å²) in [5.41, 5.74) is 0. The van der Waals surface area contributed by atoms with E-state index in [4.69, 9.17) is 9.47 Å². The second-order valence-electron chi connectivity index (χ2n) is 8.15. The van der Waals surface area contributed by atoms with Crippen LogP contribution in [-0.4, -0.2) is 24.1 Å². The van der Waals surface area contributed by atoms with Crippen LogP contribution in [0.5, 0.6) is 0 Å². The number of hydrogen-bond acceptors (Lipinski definition) is 4. The predicted octanol–water partition coefficient (Wildman–Crippen LogP) is 7.46. The van der Waals surface area contributed by atoms with Gasteiger partial charge in [-0.1, -0.05) is 77.4 Å². The molecule has 0 saturated carbocycles. The molecule has 0 saturated heterocycles. The molecule has 0 aromatic carbocycles. The minimum Gasteiger partial charge on any atom is -0.458 e. The fourth-order valence-corrected chi connectivity index (χ4v) is 3.08. The third kappa shape index (κ3) is 19.7. The van der Waals surface area contributed by atoms with Crippen molar-refractivity contribution in [2.24, 2.45) is 0 Å². The highest BCUT2D eigenvalue weighted by molar-refractivity contribution is 5.70. The predicted molar refractivity (Wildman–Crippen MR) is 125 cm³/mol. The highest BCUT2D eigenvalue weighted by atomic mass is 16.5. The molecule has 0 bridgehead atoms. The van der Waals surface area contributed by atoms with Crippen LogP contribution in [0.4, 0.5) is 0 Å². The molecule has 0 radical (unpaired) electrons. The Bertz CT molecular complexity index is 437. The molecule has 0 aliphatic carbocycles. The van der Waals surface area contributed by atoms with Crippen LogP contribution in [0, 0.1) is 0 Å². The summed E-state index contributed by atoms with van der Waals surface area (Å²) in [5, 5.41) is 0. The van der Waals surface area contributed by atoms with Gasteiger partial charge in [-0.3, -0.25) is 9.59 Å². The van der Waals surface area contributed by atoms with E-state index in [1.54, 1.807) is 0 Å². The fourth-order valence-electron chi connectivity index (χ4n) is 3.08. The number of allylic oxidation sites excluding steroid dienone is 2. The Morgan fingerprint density at radius 2 is 1.00 bits per heavy atom. The van der Waals surface area contributed by atoms with Crippen molar-refractivity contribution in [2.45, 2.75) is 130 Å². The van der Waals surface area contributed by atoms with E-state index in [2.05, 4.69) is 26.0 Å². The van der Waals surface area contributed by atoms with Crippen LogP contribution in [0.15, 0.2) is 24.3 Å². The number of hydrogen-bond donors (Lipinski definition) is 0. The summed E-state index contributed by atoms with van der Waals surface area (Å²) in [6, 6.07) is 0. The summed E-state index contributed by atoms with van der Waals surface area (Å²) in [4.78, 5) is 23.7. The van der Waals surface area contributed by atoms with Gasteiger partial charge in [0.25, 0.3) is 0 Å². The van der Waals surface area contributed by atoms with Gasteiger partial charge in [-0.2, -0.15) is 0 Å². The molecule has 0 aromatic heterocycles. The Labute approximate surface area is 185 Å². The first-order chi connectivity index (χ1) is 14.5. The Balaban J connectivity index is 3.58. The summed E-state index contributed by atoms with van der Waals surface area (Å²) < 4.78 is 10.8. The zero-order valence-electron chi connectivity index (χ0n) is 20.0. The zero-order valence-corrected chi connectivity index (χ0v) is 20.0. The minimum absolute atomic E-state index is 0.108. The van der Waals surface area contributed by atoms with Crippen molar-refractivity contribution in [3.63, 3.8) is 0 Å². The maximum Gasteiger partial charge on any atom is 0.306 e. The Hall–Kier alpha value is -1.58. The van der Waals surface area contributed by atoms with Crippen LogP contribution in [0.25, 0.3) is 0 Å². The fraction of sp³-hybridized carbons (Fsp3) is 0.769. The molecule has 0 aromatic rings. The Morgan fingerprint density at radius 3 is 1.37 bits per heavy atom. The van der Waals surface area contributed by atoms with Crippen molar-refractivity contribution in [1.29, 1.82) is 0 Å². The molecular weight excluding hydrogens is 376 g/mol. The van der Waals surface area contributed by atoms with Gasteiger partial charge in [0.15, 0.2) is 0 Å². The van der Waals surface area contributed by atoms with Crippen LogP contribution >= 0.6 is 0 Å². The molecule has 0 amide bonds. The van der Waals surface area contributed by atoms with Gasteiger partial charge in [-0.15, -0.1) is 0 Å². The summed E-state index contributed by atoms with van der Waals surface area (Å²) in [6.45, 7) is 8.16. The lowest BCUT2D eigenvalue weighted by atomic mass is 10.1. The maximum atomic E-state index is 11.8. The summed E-state index contributed by atoms with van der Waals surface area (Å²) >= 11 is 0. The van der Waals surface area contributed by atoms with E-state index in [0.717, 1.165) is 51.4 Å². The van der Waals surface area contributed by atoms with Crippen LogP contribution in [-0.2, 0) is 19.1 Å². The molecule has 2 atom stereocenters. The van der Waals surface area contributed by atoms with Gasteiger partial charge in [0.2, 0.25) is 0 Å². The van der Waals surface area contributed by atoms with Crippen molar-refractivity contribution in [3.05, 3.63) is 24.3 Å². The standard InChI is InChI=1S/C26H46O4/c1-5-7-9-15-19-23(3)29-25(27)21-17-13-11-12-14-18-22-26(28)30-24(4)20-16-10-8-6-2/h15-16,19-20,23-24H,5-14,17-18,21-22H2,1-4H3/b19-15+,20-16+. The number of ether oxygens (including phenoxy) is 2. The highest BCUT2D eigenvalue weighted by Crippen LogP contribution is 2.11. The topological polar surface area (TPSA) is 52.6 Å². The maximum absolute atomic E-state index is 11.8. The van der Waals surface area contributed by atoms with E-state index in [1.807, 2.05) is 26.0 Å². The lowest BCUT2D eigenvalue weighted by molar-refractivity contribution is -0.147. The van der Waals surface area contributed by atoms with Gasteiger partial charge in [-0.05, 0) is 51.7 Å². The molecule has 0 fully saturated rings. The van der Waals surface area contributed by atoms with Crippen LogP contribution < -0.4 is 0 Å². The SMILES string of the molecule is CCCC/C=C/C(C)OC(=O)CCCCCCCCC(=O)OC(C)/C=C/CCCC. The van der Waals surface area contributed by atoms with Crippen LogP contribution in [0.1, 0.15) is 118 Å². The van der Waals surface area contributed by atoms with Gasteiger partial charge in [0, 0.05) is 12.8 Å². The number of rotatable bonds is 19. The second kappa shape index (κ2) is 20.7. The molecule has 0 aliphatic rings. The number of carbonyl (C=O) groups is 2. The number of unbranched alkanes of at least 4 members (excludes halogenated alkanes) is 9. The lowest BCUT2D eigenvalue weighted by Crippen LogP contribution is -2.12. The van der Waals surface area contributed by atoms with E-state index in [-0.39, 0.29) is 24.1 Å². The number of esters is 2. The average molecular weight is 423 g/mol. The van der Waals surface area contributed by atoms with Gasteiger partial charge >= 0.3 is 11.9 Å². The number of carbonyl (C=O) groups excluding carboxylic acids is 2. The lowest BCUT2D eigenvalue weighted by Gasteiger charge is -2.09. The van der Waals surface area contributed by atoms with Crippen molar-refractivity contribution in [3.8, 4) is 0 Å². The first-order valence-electron chi connectivity index (χ1n) is 12.2. The minimum atomic E-state index is -0.135. The van der Waals surface area contributed by atoms with Gasteiger partial charge in [-0.25, -0.2) is 0 Å². The van der Waals surface area contributed by atoms with Crippen LogP contribution in [0.2, 0.25) is 0 Å². The van der Waals surface area contributed by atoms with E-state index in [9.17, 15) is 9.59 Å². The smallest absolute Gasteiger partial charge is 0.306 e. The third-order valence-electron chi connectivity index (χ3n) is 4.91. The molecule has 2 unspecified atom stereocenters. The molecular formula is C26H46O4. The first-order valence-corrected chi connectivity index (χ1v) is 12.2. The average Bonchev–Trinajstić information content (AvgIpc) is 2.70. The Kier molecular flexibility index (Phi) is 19.6. The quantitative estimate of drug-likeness (QED) is 0.123. The van der Waals surface area contributed by atoms with E-state index >= 15 is 0 Å². The third-order valence-corrected chi connectivity index (χ3v) is 4.91. The second-order valence-corrected chi connectivity index (χ2v) is 8.15. The summed E-state index contributed by atoms with van der Waals surface area (Å²) in [5.74, 6) is -0.216. The summed E-state index contributed by atoms with van der Waals surface area (Å²) in [6.07, 6.45) is 21.6. The van der Waals surface area contributed by atoms with Gasteiger partial charge in [0.1, 0.15) is 12.2 Å². The van der Waals surface area contributed by atoms with Crippen molar-refractivity contribution >= 4 is 11.9 Å². The molecule has 0 heterocycles. The Morgan fingerprint density at radius 1 is 0.633 bits per heavy atom. The van der Waals surface area contributed by atoms with Crippen LogP contribution in [0.3, 0.4) is 0 Å². The molecule has 30 heavy (non-hydrogen) atoms. The molecule has 4 heteroatoms. The van der Waals surface area contributed by atoms with Gasteiger partial charge < -0.3 is 9.47 Å². The zero-order chi connectivity index (χ0) is 22.5. The summed E-state index contributed by atoms with van der Waals surface area (Å²) in [7, 11) is 0. The molecule has 0 rings (SSSR count). The largest absolute Gasteiger partial charge is 0.458 e. The monoisotopic (exact) mass is 422 g/mol. The van der Waals surface area contributed by atoms with Crippen molar-refractivity contribution in [2.75, 3.05) is 0 Å². The van der Waals surface area contributed by atoms with E-state index in [1.165, 1.54) is 25.7 Å². The van der Waals surface area contributed by atoms with Gasteiger partial charge in [0.05, 0.1) is 0 Å². The molecule has 0 spiro atoms. The molecule has 0 aliphatic heterocycles. The first kappa shape index (κ1) is 28.4.